The zero-order chi connectivity index (χ0) is 20.5. The van der Waals surface area contributed by atoms with Crippen molar-refractivity contribution in [1.29, 1.82) is 0 Å². The fraction of sp³-hybridized carbons (Fsp3) is 0.241. The molecule has 0 saturated carbocycles. The summed E-state index contributed by atoms with van der Waals surface area (Å²) in [5, 5.41) is 0. The monoisotopic (exact) mass is 376 g/mol. The van der Waals surface area contributed by atoms with Crippen molar-refractivity contribution in [1.82, 2.24) is 0 Å². The molecule has 0 N–H and O–H groups in total. The molecule has 3 aromatic carbocycles. The summed E-state index contributed by atoms with van der Waals surface area (Å²) in [6.07, 6.45) is 4.98. The second-order valence-electron chi connectivity index (χ2n) is 7.55. The van der Waals surface area contributed by atoms with Gasteiger partial charge in [0.15, 0.2) is 0 Å². The highest BCUT2D eigenvalue weighted by atomic mass is 14.0. The van der Waals surface area contributed by atoms with Crippen molar-refractivity contribution in [2.45, 2.75) is 46.5 Å². The standard InChI is InChI=1S/C29H28/c1-4-5-6-7-25-12-14-27(15-13-25)18-20-29-21-19-28(22-24(29)3)17-16-26-10-8-23(2)9-11-26/h8-15,19,21-22H,4-7H2,1-3H3. The third-order valence-corrected chi connectivity index (χ3v) is 4.99. The van der Waals surface area contributed by atoms with Crippen LogP contribution < -0.4 is 0 Å². The number of aryl methyl sites for hydroxylation is 3. The Kier molecular flexibility index (Phi) is 7.33. The Hall–Kier alpha value is -3.22. The number of rotatable bonds is 4. The third-order valence-electron chi connectivity index (χ3n) is 4.99. The zero-order valence-electron chi connectivity index (χ0n) is 17.7. The normalized spacial score (nSPS) is 9.90. The first-order valence-corrected chi connectivity index (χ1v) is 10.4. The van der Waals surface area contributed by atoms with Gasteiger partial charge in [0.2, 0.25) is 0 Å². The Bertz CT molecular complexity index is 1060. The first-order valence-electron chi connectivity index (χ1n) is 10.4. The molecule has 3 aromatic rings. The molecule has 0 saturated heterocycles. The van der Waals surface area contributed by atoms with E-state index in [0.29, 0.717) is 0 Å². The number of hydrogen-bond acceptors (Lipinski definition) is 0. The molecule has 0 aromatic heterocycles. The van der Waals surface area contributed by atoms with E-state index in [1.165, 1.54) is 30.4 Å². The molecule has 0 aliphatic rings. The van der Waals surface area contributed by atoms with Gasteiger partial charge in [-0.2, -0.15) is 0 Å². The van der Waals surface area contributed by atoms with E-state index in [1.807, 2.05) is 0 Å². The molecule has 0 aliphatic carbocycles. The minimum absolute atomic E-state index is 1.02. The van der Waals surface area contributed by atoms with Crippen molar-refractivity contribution in [3.05, 3.63) is 106 Å². The molecule has 0 nitrogen and oxygen atoms in total. The second-order valence-corrected chi connectivity index (χ2v) is 7.55. The van der Waals surface area contributed by atoms with Gasteiger partial charge in [0.05, 0.1) is 0 Å². The number of unbranched alkanes of at least 4 members (excludes halogenated alkanes) is 2. The van der Waals surface area contributed by atoms with Crippen LogP contribution >= 0.6 is 0 Å². The van der Waals surface area contributed by atoms with Gasteiger partial charge in [-0.25, -0.2) is 0 Å². The molecule has 0 amide bonds. The van der Waals surface area contributed by atoms with Gasteiger partial charge in [-0.05, 0) is 80.3 Å². The van der Waals surface area contributed by atoms with Crippen molar-refractivity contribution in [3.8, 4) is 23.7 Å². The van der Waals surface area contributed by atoms with Crippen LogP contribution in [-0.4, -0.2) is 0 Å². The van der Waals surface area contributed by atoms with Crippen LogP contribution in [0.3, 0.4) is 0 Å². The van der Waals surface area contributed by atoms with Crippen molar-refractivity contribution in [3.63, 3.8) is 0 Å². The molecular weight excluding hydrogens is 348 g/mol. The quantitative estimate of drug-likeness (QED) is 0.345. The van der Waals surface area contributed by atoms with Crippen LogP contribution in [0.4, 0.5) is 0 Å². The van der Waals surface area contributed by atoms with Gasteiger partial charge >= 0.3 is 0 Å². The minimum Gasteiger partial charge on any atom is -0.0654 e. The molecule has 3 rings (SSSR count). The van der Waals surface area contributed by atoms with Crippen LogP contribution in [0, 0.1) is 37.5 Å². The lowest BCUT2D eigenvalue weighted by Crippen LogP contribution is -1.87. The van der Waals surface area contributed by atoms with Crippen LogP contribution in [0.25, 0.3) is 0 Å². The minimum atomic E-state index is 1.02. The SMILES string of the molecule is CCCCCc1ccc(C#Cc2ccc(C#Cc3ccc(C)cc3)cc2C)cc1. The van der Waals surface area contributed by atoms with E-state index in [2.05, 4.69) is 111 Å². The molecule has 0 bridgehead atoms. The van der Waals surface area contributed by atoms with Gasteiger partial charge < -0.3 is 0 Å². The second kappa shape index (κ2) is 10.4. The van der Waals surface area contributed by atoms with Crippen molar-refractivity contribution >= 4 is 0 Å². The first-order chi connectivity index (χ1) is 14.1. The summed E-state index contributed by atoms with van der Waals surface area (Å²) in [6.45, 7) is 6.42. The predicted octanol–water partition coefficient (Wildman–Crippen LogP) is 6.84. The molecule has 0 spiro atoms. The first kappa shape index (κ1) is 20.5. The summed E-state index contributed by atoms with van der Waals surface area (Å²) in [5.41, 5.74) is 7.98. The van der Waals surface area contributed by atoms with E-state index in [1.54, 1.807) is 0 Å². The smallest absolute Gasteiger partial charge is 0.0279 e. The molecule has 144 valence electrons. The lowest BCUT2D eigenvalue weighted by atomic mass is 10.0. The Balaban J connectivity index is 1.68. The summed E-state index contributed by atoms with van der Waals surface area (Å²) in [7, 11) is 0. The highest BCUT2D eigenvalue weighted by Gasteiger charge is 1.97. The van der Waals surface area contributed by atoms with Gasteiger partial charge in [0, 0.05) is 22.3 Å². The Morgan fingerprint density at radius 1 is 0.621 bits per heavy atom. The summed E-state index contributed by atoms with van der Waals surface area (Å²) in [4.78, 5) is 0. The van der Waals surface area contributed by atoms with E-state index in [4.69, 9.17) is 0 Å². The molecule has 0 atom stereocenters. The molecule has 0 radical (unpaired) electrons. The maximum atomic E-state index is 3.31. The summed E-state index contributed by atoms with van der Waals surface area (Å²) >= 11 is 0. The highest BCUT2D eigenvalue weighted by Crippen LogP contribution is 2.12. The van der Waals surface area contributed by atoms with Crippen molar-refractivity contribution in [2.24, 2.45) is 0 Å². The Labute approximate surface area is 176 Å². The molecule has 29 heavy (non-hydrogen) atoms. The average Bonchev–Trinajstić information content (AvgIpc) is 2.74. The largest absolute Gasteiger partial charge is 0.0654 e. The van der Waals surface area contributed by atoms with E-state index in [-0.39, 0.29) is 0 Å². The molecule has 0 unspecified atom stereocenters. The fourth-order valence-corrected chi connectivity index (χ4v) is 3.14. The molecule has 0 aliphatic heterocycles. The molecular formula is C29H28. The van der Waals surface area contributed by atoms with Crippen LogP contribution in [0.2, 0.25) is 0 Å². The van der Waals surface area contributed by atoms with Crippen LogP contribution in [0.15, 0.2) is 66.7 Å². The van der Waals surface area contributed by atoms with Crippen LogP contribution in [0.5, 0.6) is 0 Å². The lowest BCUT2D eigenvalue weighted by molar-refractivity contribution is 0.717. The maximum Gasteiger partial charge on any atom is 0.0279 e. The van der Waals surface area contributed by atoms with E-state index < -0.39 is 0 Å². The van der Waals surface area contributed by atoms with E-state index in [9.17, 15) is 0 Å². The molecule has 0 fully saturated rings. The lowest BCUT2D eigenvalue weighted by Gasteiger charge is -2.01. The summed E-state index contributed by atoms with van der Waals surface area (Å²) in [5.74, 6) is 13.1. The van der Waals surface area contributed by atoms with Gasteiger partial charge in [0.25, 0.3) is 0 Å². The van der Waals surface area contributed by atoms with E-state index >= 15 is 0 Å². The summed E-state index contributed by atoms with van der Waals surface area (Å²) in [6, 6.07) is 23.2. The van der Waals surface area contributed by atoms with Gasteiger partial charge in [-0.15, -0.1) is 0 Å². The van der Waals surface area contributed by atoms with E-state index in [0.717, 1.165) is 34.2 Å². The zero-order valence-corrected chi connectivity index (χ0v) is 17.7. The van der Waals surface area contributed by atoms with Gasteiger partial charge in [0.1, 0.15) is 0 Å². The average molecular weight is 377 g/mol. The summed E-state index contributed by atoms with van der Waals surface area (Å²) < 4.78 is 0. The third kappa shape index (κ3) is 6.41. The Morgan fingerprint density at radius 3 is 1.86 bits per heavy atom. The molecule has 0 heterocycles. The Morgan fingerprint density at radius 2 is 1.21 bits per heavy atom. The van der Waals surface area contributed by atoms with Crippen molar-refractivity contribution < 1.29 is 0 Å². The van der Waals surface area contributed by atoms with Crippen LogP contribution in [0.1, 0.15) is 65.1 Å². The van der Waals surface area contributed by atoms with Crippen molar-refractivity contribution in [2.75, 3.05) is 0 Å². The van der Waals surface area contributed by atoms with Gasteiger partial charge in [-0.3, -0.25) is 0 Å². The highest BCUT2D eigenvalue weighted by molar-refractivity contribution is 5.51. The maximum absolute atomic E-state index is 3.31. The number of hydrogen-bond donors (Lipinski definition) is 0. The number of benzene rings is 3. The van der Waals surface area contributed by atoms with Crippen LogP contribution in [-0.2, 0) is 6.42 Å². The fourth-order valence-electron chi connectivity index (χ4n) is 3.14. The molecule has 0 heteroatoms. The van der Waals surface area contributed by atoms with Gasteiger partial charge in [-0.1, -0.05) is 73.3 Å². The predicted molar refractivity (Wildman–Crippen MR) is 124 cm³/mol. The topological polar surface area (TPSA) is 0 Å².